The Bertz CT molecular complexity index is 855. The summed E-state index contributed by atoms with van der Waals surface area (Å²) >= 11 is 0. The van der Waals surface area contributed by atoms with Crippen LogP contribution >= 0.6 is 0 Å². The van der Waals surface area contributed by atoms with Crippen LogP contribution in [0.25, 0.3) is 0 Å². The fourth-order valence-corrected chi connectivity index (χ4v) is 4.05. The zero-order valence-corrected chi connectivity index (χ0v) is 15.2. The summed E-state index contributed by atoms with van der Waals surface area (Å²) in [6.45, 7) is 1.63. The van der Waals surface area contributed by atoms with Crippen LogP contribution in [0.5, 0.6) is 0 Å². The van der Waals surface area contributed by atoms with E-state index in [1.54, 1.807) is 18.2 Å². The monoisotopic (exact) mass is 386 g/mol. The number of carbonyl (C=O) groups is 4. The first-order chi connectivity index (χ1) is 13.5. The molecule has 0 aromatic heterocycles. The average Bonchev–Trinajstić information content (AvgIpc) is 2.93. The number of aliphatic hydroxyl groups is 1. The lowest BCUT2D eigenvalue weighted by atomic mass is 10.00. The first-order valence-corrected chi connectivity index (χ1v) is 9.43. The van der Waals surface area contributed by atoms with E-state index in [2.05, 4.69) is 16.0 Å². The van der Waals surface area contributed by atoms with E-state index in [1.165, 1.54) is 0 Å². The molecular formula is C19H22N4O5. The number of aliphatic hydroxyl groups excluding tert-OH is 1. The van der Waals surface area contributed by atoms with Crippen LogP contribution in [0.1, 0.15) is 45.5 Å². The van der Waals surface area contributed by atoms with Crippen molar-refractivity contribution in [2.45, 2.75) is 44.0 Å². The van der Waals surface area contributed by atoms with Gasteiger partial charge in [0.15, 0.2) is 0 Å². The van der Waals surface area contributed by atoms with Crippen molar-refractivity contribution in [3.63, 3.8) is 0 Å². The third kappa shape index (κ3) is 3.21. The maximum Gasteiger partial charge on any atom is 0.262 e. The minimum atomic E-state index is -0.975. The largest absolute Gasteiger partial charge is 0.390 e. The highest BCUT2D eigenvalue weighted by molar-refractivity contribution is 6.24. The predicted molar refractivity (Wildman–Crippen MR) is 97.2 cm³/mol. The number of fused-ring (bicyclic) bond motifs is 1. The summed E-state index contributed by atoms with van der Waals surface area (Å²) in [5.74, 6) is -2.05. The molecule has 3 heterocycles. The smallest absolute Gasteiger partial charge is 0.262 e. The van der Waals surface area contributed by atoms with E-state index in [4.69, 9.17) is 0 Å². The summed E-state index contributed by atoms with van der Waals surface area (Å²) in [4.78, 5) is 50.3. The Labute approximate surface area is 161 Å². The van der Waals surface area contributed by atoms with E-state index in [-0.39, 0.29) is 30.0 Å². The van der Waals surface area contributed by atoms with Crippen molar-refractivity contribution in [2.24, 2.45) is 0 Å². The van der Waals surface area contributed by atoms with Crippen molar-refractivity contribution < 1.29 is 24.3 Å². The Morgan fingerprint density at radius 3 is 2.71 bits per heavy atom. The molecule has 3 atom stereocenters. The van der Waals surface area contributed by atoms with Gasteiger partial charge < -0.3 is 15.7 Å². The topological polar surface area (TPSA) is 128 Å². The Hall–Kier alpha value is -2.62. The number of piperidine rings is 2. The second-order valence-electron chi connectivity index (χ2n) is 7.33. The fraction of sp³-hybridized carbons (Fsp3) is 0.474. The maximum atomic E-state index is 13.0. The van der Waals surface area contributed by atoms with Crippen LogP contribution in [0.4, 0.5) is 0 Å². The van der Waals surface area contributed by atoms with Crippen LogP contribution in [0.2, 0.25) is 0 Å². The molecular weight excluding hydrogens is 364 g/mol. The fourth-order valence-electron chi connectivity index (χ4n) is 4.05. The second kappa shape index (κ2) is 7.42. The number of rotatable bonds is 4. The van der Waals surface area contributed by atoms with Crippen LogP contribution in [-0.4, -0.2) is 64.9 Å². The first kappa shape index (κ1) is 18.7. The number of amides is 4. The lowest BCUT2D eigenvalue weighted by Crippen LogP contribution is -2.54. The van der Waals surface area contributed by atoms with E-state index in [0.717, 1.165) is 17.9 Å². The Kier molecular flexibility index (Phi) is 4.96. The highest BCUT2D eigenvalue weighted by Gasteiger charge is 2.45. The number of nitrogens with one attached hydrogen (secondary N) is 3. The number of hydrogen-bond acceptors (Lipinski definition) is 7. The van der Waals surface area contributed by atoms with Gasteiger partial charge in [-0.05, 0) is 31.0 Å². The molecule has 4 amide bonds. The van der Waals surface area contributed by atoms with E-state index in [9.17, 15) is 24.3 Å². The van der Waals surface area contributed by atoms with Crippen molar-refractivity contribution in [1.82, 2.24) is 20.9 Å². The molecule has 0 spiro atoms. The molecule has 3 aliphatic rings. The molecule has 9 heteroatoms. The number of imide groups is 2. The van der Waals surface area contributed by atoms with Gasteiger partial charge in [-0.15, -0.1) is 0 Å². The van der Waals surface area contributed by atoms with E-state index in [0.29, 0.717) is 18.7 Å². The molecule has 1 aromatic rings. The lowest BCUT2D eigenvalue weighted by molar-refractivity contribution is -0.136. The molecule has 28 heavy (non-hydrogen) atoms. The van der Waals surface area contributed by atoms with E-state index in [1.807, 2.05) is 0 Å². The average molecular weight is 386 g/mol. The van der Waals surface area contributed by atoms with Gasteiger partial charge >= 0.3 is 0 Å². The minimum Gasteiger partial charge on any atom is -0.390 e. The van der Waals surface area contributed by atoms with E-state index < -0.39 is 35.8 Å². The molecule has 148 valence electrons. The molecule has 3 aliphatic heterocycles. The number of carbonyl (C=O) groups excluding carboxylic acids is 4. The van der Waals surface area contributed by atoms with Gasteiger partial charge in [-0.2, -0.15) is 0 Å². The first-order valence-electron chi connectivity index (χ1n) is 9.43. The summed E-state index contributed by atoms with van der Waals surface area (Å²) in [6.07, 6.45) is 0.449. The molecule has 0 saturated carbocycles. The van der Waals surface area contributed by atoms with Crippen LogP contribution < -0.4 is 16.0 Å². The molecule has 2 saturated heterocycles. The van der Waals surface area contributed by atoms with Crippen molar-refractivity contribution in [2.75, 3.05) is 13.1 Å². The highest BCUT2D eigenvalue weighted by atomic mass is 16.3. The van der Waals surface area contributed by atoms with Crippen molar-refractivity contribution in [3.8, 4) is 0 Å². The van der Waals surface area contributed by atoms with Gasteiger partial charge in [-0.3, -0.25) is 29.4 Å². The maximum absolute atomic E-state index is 13.0. The molecule has 0 bridgehead atoms. The molecule has 0 aliphatic carbocycles. The van der Waals surface area contributed by atoms with Gasteiger partial charge in [-0.25, -0.2) is 0 Å². The van der Waals surface area contributed by atoms with Gasteiger partial charge in [0.2, 0.25) is 11.8 Å². The number of hydrogen-bond donors (Lipinski definition) is 4. The quantitative estimate of drug-likeness (QED) is 0.484. The molecule has 4 rings (SSSR count). The van der Waals surface area contributed by atoms with Gasteiger partial charge in [-0.1, -0.05) is 12.1 Å². The van der Waals surface area contributed by atoms with Crippen molar-refractivity contribution >= 4 is 23.6 Å². The molecule has 4 N–H and O–H groups in total. The van der Waals surface area contributed by atoms with Crippen LogP contribution in [-0.2, 0) is 16.1 Å². The third-order valence-electron chi connectivity index (χ3n) is 5.56. The summed E-state index contributed by atoms with van der Waals surface area (Å²) in [7, 11) is 0. The number of benzene rings is 1. The summed E-state index contributed by atoms with van der Waals surface area (Å²) in [6, 6.07) is 3.96. The highest BCUT2D eigenvalue weighted by Crippen LogP contribution is 2.30. The summed E-state index contributed by atoms with van der Waals surface area (Å²) < 4.78 is 0. The van der Waals surface area contributed by atoms with Crippen LogP contribution in [0.3, 0.4) is 0 Å². The minimum absolute atomic E-state index is 0.0891. The molecule has 9 nitrogen and oxygen atoms in total. The Balaban J connectivity index is 1.56. The van der Waals surface area contributed by atoms with E-state index >= 15 is 0 Å². The third-order valence-corrected chi connectivity index (χ3v) is 5.56. The van der Waals surface area contributed by atoms with Crippen LogP contribution in [0, 0.1) is 0 Å². The molecule has 0 radical (unpaired) electrons. The predicted octanol–water partition coefficient (Wildman–Crippen LogP) is -1.10. The standard InChI is InChI=1S/C19H22N4O5/c24-14-9-20-7-6-12(14)21-8-10-2-1-3-11-16(10)19(28)23(18(11)27)13-4-5-15(25)22-17(13)26/h1-3,12-14,20-21,24H,4-9H2,(H,22,25,26). The van der Waals surface area contributed by atoms with Crippen molar-refractivity contribution in [3.05, 3.63) is 34.9 Å². The lowest BCUT2D eigenvalue weighted by Gasteiger charge is -2.29. The van der Waals surface area contributed by atoms with Gasteiger partial charge in [0.25, 0.3) is 11.8 Å². The van der Waals surface area contributed by atoms with Crippen molar-refractivity contribution in [1.29, 1.82) is 0 Å². The normalized spacial score (nSPS) is 27.8. The molecule has 1 aromatic carbocycles. The van der Waals surface area contributed by atoms with Gasteiger partial charge in [0, 0.05) is 25.6 Å². The SMILES string of the molecule is O=C1CCC(N2C(=O)c3cccc(CNC4CCNCC4O)c3C2=O)C(=O)N1. The molecule has 3 unspecified atom stereocenters. The number of β-amino-alcohol motifs (C(OH)–C–C–N with tert-alkyl or cyclic N) is 1. The zero-order valence-electron chi connectivity index (χ0n) is 15.2. The second-order valence-corrected chi connectivity index (χ2v) is 7.33. The summed E-state index contributed by atoms with van der Waals surface area (Å²) in [5.41, 5.74) is 1.20. The number of nitrogens with zero attached hydrogens (tertiary/aromatic N) is 1. The Morgan fingerprint density at radius 2 is 1.96 bits per heavy atom. The van der Waals surface area contributed by atoms with Crippen LogP contribution in [0.15, 0.2) is 18.2 Å². The van der Waals surface area contributed by atoms with Gasteiger partial charge in [0.05, 0.1) is 17.2 Å². The molecule has 2 fully saturated rings. The zero-order chi connectivity index (χ0) is 19.8. The summed E-state index contributed by atoms with van der Waals surface area (Å²) in [5, 5.41) is 18.6. The van der Waals surface area contributed by atoms with Gasteiger partial charge in [0.1, 0.15) is 6.04 Å². The Morgan fingerprint density at radius 1 is 1.14 bits per heavy atom.